The Balaban J connectivity index is 1.24. The molecule has 2 aliphatic rings. The van der Waals surface area contributed by atoms with E-state index < -0.39 is 24.0 Å². The van der Waals surface area contributed by atoms with Crippen LogP contribution in [0.1, 0.15) is 79.6 Å². The van der Waals surface area contributed by atoms with Gasteiger partial charge in [0, 0.05) is 36.7 Å². The third kappa shape index (κ3) is 9.28. The summed E-state index contributed by atoms with van der Waals surface area (Å²) < 4.78 is 13.2. The van der Waals surface area contributed by atoms with Crippen LogP contribution in [-0.4, -0.2) is 69.0 Å². The van der Waals surface area contributed by atoms with Gasteiger partial charge in [0.1, 0.15) is 12.4 Å². The van der Waals surface area contributed by atoms with E-state index >= 15 is 0 Å². The van der Waals surface area contributed by atoms with Gasteiger partial charge in [-0.15, -0.1) is 11.3 Å². The molecule has 0 radical (unpaired) electrons. The zero-order valence-electron chi connectivity index (χ0n) is 28.7. The number of benzene rings is 2. The van der Waals surface area contributed by atoms with E-state index in [0.717, 1.165) is 40.1 Å². The molecule has 1 aromatic heterocycles. The van der Waals surface area contributed by atoms with E-state index in [-0.39, 0.29) is 42.9 Å². The summed E-state index contributed by atoms with van der Waals surface area (Å²) in [6.45, 7) is 7.94. The Hall–Kier alpha value is -2.87. The van der Waals surface area contributed by atoms with Crippen molar-refractivity contribution in [3.05, 3.63) is 70.4 Å². The van der Waals surface area contributed by atoms with E-state index in [0.29, 0.717) is 37.7 Å². The van der Waals surface area contributed by atoms with Crippen LogP contribution in [0.4, 0.5) is 0 Å². The SMILES string of the molecule is Cc1ncsc1-c1ccc(CNC(=O)[C@@H]2C[C@@H](O)CC2C(=O)[C@H](C(C)C)N2Cc3ccccc3C2=O)c(OCCOCCCCCCI)c1. The first kappa shape index (κ1) is 37.4. The van der Waals surface area contributed by atoms with Gasteiger partial charge in [0.15, 0.2) is 5.78 Å². The smallest absolute Gasteiger partial charge is 0.255 e. The van der Waals surface area contributed by atoms with Crippen LogP contribution in [0.15, 0.2) is 48.0 Å². The van der Waals surface area contributed by atoms with E-state index in [4.69, 9.17) is 9.47 Å². The number of amides is 2. The molecule has 9 nitrogen and oxygen atoms in total. The van der Waals surface area contributed by atoms with Crippen LogP contribution in [0.2, 0.25) is 0 Å². The van der Waals surface area contributed by atoms with Gasteiger partial charge in [0.2, 0.25) is 5.91 Å². The summed E-state index contributed by atoms with van der Waals surface area (Å²) in [5.74, 6) is -1.50. The van der Waals surface area contributed by atoms with Crippen LogP contribution < -0.4 is 10.1 Å². The van der Waals surface area contributed by atoms with Crippen molar-refractivity contribution in [3.63, 3.8) is 0 Å². The molecule has 2 amide bonds. The lowest BCUT2D eigenvalue weighted by Crippen LogP contribution is -2.49. The third-order valence-corrected chi connectivity index (χ3v) is 11.3. The van der Waals surface area contributed by atoms with Crippen molar-refractivity contribution < 1.29 is 29.0 Å². The number of ketones is 1. The molecule has 49 heavy (non-hydrogen) atoms. The van der Waals surface area contributed by atoms with Gasteiger partial charge in [-0.1, -0.05) is 79.6 Å². The molecular weight excluding hydrogens is 753 g/mol. The van der Waals surface area contributed by atoms with Gasteiger partial charge in [-0.2, -0.15) is 0 Å². The summed E-state index contributed by atoms with van der Waals surface area (Å²) >= 11 is 3.97. The number of nitrogens with one attached hydrogen (secondary N) is 1. The number of Topliss-reactive ketones (excluding diaryl/α,β-unsaturated/α-hetero) is 1. The van der Waals surface area contributed by atoms with Crippen LogP contribution in [0.5, 0.6) is 5.75 Å². The van der Waals surface area contributed by atoms with Crippen LogP contribution in [-0.2, 0) is 27.4 Å². The van der Waals surface area contributed by atoms with Crippen molar-refractivity contribution in [1.82, 2.24) is 15.2 Å². The second-order valence-corrected chi connectivity index (χ2v) is 15.3. The molecule has 2 N–H and O–H groups in total. The van der Waals surface area contributed by atoms with Crippen molar-refractivity contribution in [1.29, 1.82) is 0 Å². The molecule has 0 saturated heterocycles. The molecule has 2 aromatic carbocycles. The Labute approximate surface area is 307 Å². The third-order valence-electron chi connectivity index (χ3n) is 9.53. The standard InChI is InChI=1S/C38H48IN3O6S/c1-24(2)34(42-22-28-10-6-7-11-30(28)38(42)46)35(44)31-19-29(43)20-32(31)37(45)40-21-27-13-12-26(36-25(3)41-23-49-36)18-33(27)48-17-16-47-15-9-5-4-8-14-39/h6-7,10-13,18,23-24,29,31-32,34,43H,4-5,8-9,14-17,19-22H2,1-3H3,(H,40,45)/t29-,31?,32+,34-/m0/s1. The summed E-state index contributed by atoms with van der Waals surface area (Å²) in [7, 11) is 0. The number of carbonyl (C=O) groups excluding carboxylic acids is 3. The zero-order chi connectivity index (χ0) is 34.9. The molecule has 1 aliphatic carbocycles. The maximum absolute atomic E-state index is 14.2. The van der Waals surface area contributed by atoms with Gasteiger partial charge >= 0.3 is 0 Å². The van der Waals surface area contributed by atoms with Crippen molar-refractivity contribution in [2.24, 2.45) is 17.8 Å². The van der Waals surface area contributed by atoms with Gasteiger partial charge < -0.3 is 24.8 Å². The van der Waals surface area contributed by atoms with Gasteiger partial charge in [-0.25, -0.2) is 4.98 Å². The molecular formula is C38H48IN3O6S. The van der Waals surface area contributed by atoms with Gasteiger partial charge in [-0.05, 0) is 66.2 Å². The Morgan fingerprint density at radius 2 is 1.84 bits per heavy atom. The van der Waals surface area contributed by atoms with E-state index in [1.165, 1.54) is 17.3 Å². The van der Waals surface area contributed by atoms with Crippen LogP contribution in [0, 0.1) is 24.7 Å². The molecule has 5 rings (SSSR count). The Morgan fingerprint density at radius 1 is 1.06 bits per heavy atom. The van der Waals surface area contributed by atoms with E-state index in [9.17, 15) is 19.5 Å². The number of unbranched alkanes of at least 4 members (excludes halogenated alkanes) is 3. The first-order valence-electron chi connectivity index (χ1n) is 17.4. The number of carbonyl (C=O) groups is 3. The molecule has 0 spiro atoms. The van der Waals surface area contributed by atoms with E-state index in [2.05, 4.69) is 32.9 Å². The van der Waals surface area contributed by atoms with Crippen molar-refractivity contribution in [3.8, 4) is 16.2 Å². The lowest BCUT2D eigenvalue weighted by molar-refractivity contribution is -0.136. The predicted molar refractivity (Wildman–Crippen MR) is 200 cm³/mol. The number of hydrogen-bond acceptors (Lipinski definition) is 8. The number of fused-ring (bicyclic) bond motifs is 1. The zero-order valence-corrected chi connectivity index (χ0v) is 31.6. The van der Waals surface area contributed by atoms with Crippen molar-refractivity contribution in [2.45, 2.75) is 84.5 Å². The normalized spacial score (nSPS) is 19.3. The van der Waals surface area contributed by atoms with Crippen LogP contribution in [0.25, 0.3) is 10.4 Å². The Morgan fingerprint density at radius 3 is 2.57 bits per heavy atom. The highest BCUT2D eigenvalue weighted by molar-refractivity contribution is 14.1. The van der Waals surface area contributed by atoms with E-state index in [1.807, 2.05) is 62.7 Å². The molecule has 2 heterocycles. The van der Waals surface area contributed by atoms with Crippen molar-refractivity contribution >= 4 is 51.5 Å². The molecule has 4 atom stereocenters. The number of thiazole rings is 1. The predicted octanol–water partition coefficient (Wildman–Crippen LogP) is 6.76. The molecule has 3 aromatic rings. The fourth-order valence-corrected chi connectivity index (χ4v) is 8.35. The summed E-state index contributed by atoms with van der Waals surface area (Å²) in [6.07, 6.45) is 4.29. The minimum absolute atomic E-state index is 0.155. The topological polar surface area (TPSA) is 118 Å². The Kier molecular flexibility index (Phi) is 13.6. The van der Waals surface area contributed by atoms with Crippen molar-refractivity contribution in [2.75, 3.05) is 24.2 Å². The van der Waals surface area contributed by atoms with Gasteiger partial charge in [0.05, 0.1) is 40.8 Å². The fourth-order valence-electron chi connectivity index (χ4n) is 7.01. The molecule has 0 bridgehead atoms. The molecule has 1 saturated carbocycles. The lowest BCUT2D eigenvalue weighted by Gasteiger charge is -2.33. The first-order valence-corrected chi connectivity index (χ1v) is 19.8. The number of aromatic nitrogens is 1. The second kappa shape index (κ2) is 17.9. The monoisotopic (exact) mass is 801 g/mol. The number of aliphatic hydroxyl groups excluding tert-OH is 1. The first-order chi connectivity index (χ1) is 23.7. The molecule has 264 valence electrons. The molecule has 1 unspecified atom stereocenters. The average Bonchev–Trinajstić information content (AvgIpc) is 3.79. The van der Waals surface area contributed by atoms with Gasteiger partial charge in [0.25, 0.3) is 5.91 Å². The second-order valence-electron chi connectivity index (χ2n) is 13.4. The number of aryl methyl sites for hydroxylation is 1. The molecule has 11 heteroatoms. The minimum atomic E-state index is -0.768. The number of rotatable bonds is 18. The molecule has 1 fully saturated rings. The van der Waals surface area contributed by atoms with Gasteiger partial charge in [-0.3, -0.25) is 14.4 Å². The summed E-state index contributed by atoms with van der Waals surface area (Å²) in [5, 5.41) is 13.7. The number of nitrogens with zero attached hydrogens (tertiary/aromatic N) is 2. The maximum Gasteiger partial charge on any atom is 0.255 e. The lowest BCUT2D eigenvalue weighted by atomic mass is 9.83. The number of hydrogen-bond donors (Lipinski definition) is 2. The summed E-state index contributed by atoms with van der Waals surface area (Å²) in [5.41, 5.74) is 6.07. The summed E-state index contributed by atoms with van der Waals surface area (Å²) in [6, 6.07) is 12.7. The number of alkyl halides is 1. The minimum Gasteiger partial charge on any atom is -0.491 e. The van der Waals surface area contributed by atoms with E-state index in [1.54, 1.807) is 22.3 Å². The van der Waals surface area contributed by atoms with Crippen LogP contribution >= 0.6 is 33.9 Å². The highest BCUT2D eigenvalue weighted by Gasteiger charge is 2.47. The average molecular weight is 802 g/mol. The highest BCUT2D eigenvalue weighted by atomic mass is 127. The quantitative estimate of drug-likeness (QED) is 0.0830. The molecule has 1 aliphatic heterocycles. The number of ether oxygens (including phenoxy) is 2. The number of aliphatic hydroxyl groups is 1. The fraction of sp³-hybridized carbons (Fsp3) is 0.526. The van der Waals surface area contributed by atoms with Crippen LogP contribution in [0.3, 0.4) is 0 Å². The maximum atomic E-state index is 14.2. The summed E-state index contributed by atoms with van der Waals surface area (Å²) in [4.78, 5) is 48.4. The largest absolute Gasteiger partial charge is 0.491 e. The Bertz CT molecular complexity index is 1590. The highest BCUT2D eigenvalue weighted by Crippen LogP contribution is 2.38. The number of halogens is 1.